The van der Waals surface area contributed by atoms with Crippen LogP contribution in [-0.4, -0.2) is 6.79 Å². The molecule has 2 aromatic carbocycles. The Morgan fingerprint density at radius 1 is 0.778 bits per heavy atom. The first-order valence-electron chi connectivity index (χ1n) is 6.08. The molecule has 18 heavy (non-hydrogen) atoms. The van der Waals surface area contributed by atoms with Crippen LogP contribution in [0.3, 0.4) is 0 Å². The fourth-order valence-corrected chi connectivity index (χ4v) is 1.35. The summed E-state index contributed by atoms with van der Waals surface area (Å²) in [5, 5.41) is 0. The number of aryl methyl sites for hydroxylation is 3. The number of hydrogen-bond donors (Lipinski definition) is 0. The minimum Gasteiger partial charge on any atom is -0.307 e. The van der Waals surface area contributed by atoms with Crippen LogP contribution in [0, 0.1) is 13.8 Å². The van der Waals surface area contributed by atoms with Crippen LogP contribution in [-0.2, 0) is 11.2 Å². The predicted octanol–water partition coefficient (Wildman–Crippen LogP) is 4.37. The zero-order chi connectivity index (χ0) is 13.8. The molecule has 0 amide bonds. The van der Waals surface area contributed by atoms with Gasteiger partial charge in [-0.25, -0.2) is 0 Å². The van der Waals surface area contributed by atoms with Crippen molar-refractivity contribution in [3.8, 4) is 0 Å². The Labute approximate surface area is 110 Å². The lowest BCUT2D eigenvalue weighted by molar-refractivity contribution is -0.0979. The Morgan fingerprint density at radius 3 is 1.44 bits per heavy atom. The van der Waals surface area contributed by atoms with E-state index in [1.165, 1.54) is 16.7 Å². The van der Waals surface area contributed by atoms with Gasteiger partial charge in [0.15, 0.2) is 0 Å². The van der Waals surface area contributed by atoms with Crippen LogP contribution < -0.4 is 0 Å². The van der Waals surface area contributed by atoms with E-state index in [4.69, 9.17) is 4.79 Å². The highest BCUT2D eigenvalue weighted by Crippen LogP contribution is 1.99. The molecule has 0 atom stereocenters. The van der Waals surface area contributed by atoms with E-state index in [2.05, 4.69) is 69.3 Å². The first kappa shape index (κ1) is 16.1. The summed E-state index contributed by atoms with van der Waals surface area (Å²) < 4.78 is 0. The third-order valence-corrected chi connectivity index (χ3v) is 2.47. The molecular weight excluding hydrogens is 220 g/mol. The van der Waals surface area contributed by atoms with Crippen LogP contribution in [0.25, 0.3) is 0 Å². The highest BCUT2D eigenvalue weighted by molar-refractivity contribution is 5.19. The Balaban J connectivity index is 0.000000283. The van der Waals surface area contributed by atoms with Crippen molar-refractivity contribution < 1.29 is 4.79 Å². The fourth-order valence-electron chi connectivity index (χ4n) is 1.35. The second-order valence-electron chi connectivity index (χ2n) is 3.99. The zero-order valence-corrected chi connectivity index (χ0v) is 11.5. The van der Waals surface area contributed by atoms with Crippen molar-refractivity contribution in [2.24, 2.45) is 0 Å². The van der Waals surface area contributed by atoms with Crippen LogP contribution in [0.2, 0.25) is 0 Å². The summed E-state index contributed by atoms with van der Waals surface area (Å²) in [7, 11) is 0. The van der Waals surface area contributed by atoms with Gasteiger partial charge in [-0.2, -0.15) is 0 Å². The minimum atomic E-state index is 1.14. The van der Waals surface area contributed by atoms with Gasteiger partial charge < -0.3 is 4.79 Å². The van der Waals surface area contributed by atoms with E-state index in [9.17, 15) is 0 Å². The van der Waals surface area contributed by atoms with E-state index in [1.807, 2.05) is 12.9 Å². The standard InChI is InChI=1S/2C8H10.CH2O/c1-7-3-5-8(2)6-4-7;1-2-8-6-4-3-5-7-8;1-2/h3-6H,1-2H3;3-7H,2H2,1H3;1H2. The topological polar surface area (TPSA) is 17.1 Å². The monoisotopic (exact) mass is 242 g/mol. The van der Waals surface area contributed by atoms with Gasteiger partial charge in [0, 0.05) is 0 Å². The van der Waals surface area contributed by atoms with Crippen molar-refractivity contribution in [2.45, 2.75) is 27.2 Å². The van der Waals surface area contributed by atoms with E-state index in [-0.39, 0.29) is 0 Å². The summed E-state index contributed by atoms with van der Waals surface area (Å²) in [6.45, 7) is 8.36. The van der Waals surface area contributed by atoms with Gasteiger partial charge in [-0.15, -0.1) is 0 Å². The molecule has 2 aromatic rings. The van der Waals surface area contributed by atoms with Crippen LogP contribution in [0.15, 0.2) is 54.6 Å². The van der Waals surface area contributed by atoms with Crippen LogP contribution >= 0.6 is 0 Å². The van der Waals surface area contributed by atoms with Gasteiger partial charge in [0.2, 0.25) is 0 Å². The molecule has 0 radical (unpaired) electrons. The van der Waals surface area contributed by atoms with E-state index in [0.29, 0.717) is 0 Å². The lowest BCUT2D eigenvalue weighted by Crippen LogP contribution is -1.73. The largest absolute Gasteiger partial charge is 0.307 e. The van der Waals surface area contributed by atoms with Crippen molar-refractivity contribution in [1.82, 2.24) is 0 Å². The lowest BCUT2D eigenvalue weighted by atomic mass is 10.2. The molecule has 0 aliphatic rings. The maximum Gasteiger partial charge on any atom is 0.106 e. The number of rotatable bonds is 1. The molecule has 0 aliphatic carbocycles. The molecular formula is C17H22O. The highest BCUT2D eigenvalue weighted by Gasteiger charge is 1.80. The summed E-state index contributed by atoms with van der Waals surface area (Å²) in [6.07, 6.45) is 1.14. The summed E-state index contributed by atoms with van der Waals surface area (Å²) in [5.41, 5.74) is 4.07. The maximum atomic E-state index is 8.00. The first-order chi connectivity index (χ1) is 8.72. The number of benzene rings is 2. The maximum absolute atomic E-state index is 8.00. The fraction of sp³-hybridized carbons (Fsp3) is 0.235. The second kappa shape index (κ2) is 10.3. The molecule has 2 rings (SSSR count). The predicted molar refractivity (Wildman–Crippen MR) is 78.9 cm³/mol. The van der Waals surface area contributed by atoms with E-state index in [0.717, 1.165) is 6.42 Å². The van der Waals surface area contributed by atoms with Crippen molar-refractivity contribution >= 4 is 6.79 Å². The zero-order valence-electron chi connectivity index (χ0n) is 11.5. The van der Waals surface area contributed by atoms with Crippen molar-refractivity contribution in [3.05, 3.63) is 71.3 Å². The third kappa shape index (κ3) is 7.39. The molecule has 0 fully saturated rings. The number of carbonyl (C=O) groups excluding carboxylic acids is 1. The third-order valence-electron chi connectivity index (χ3n) is 2.47. The van der Waals surface area contributed by atoms with Crippen molar-refractivity contribution in [2.75, 3.05) is 0 Å². The molecule has 1 heteroatoms. The Bertz CT molecular complexity index is 382. The van der Waals surface area contributed by atoms with Gasteiger partial charge in [0.25, 0.3) is 0 Å². The van der Waals surface area contributed by atoms with Crippen molar-refractivity contribution in [3.63, 3.8) is 0 Å². The number of hydrogen-bond acceptors (Lipinski definition) is 1. The van der Waals surface area contributed by atoms with Crippen LogP contribution in [0.5, 0.6) is 0 Å². The Hall–Kier alpha value is -1.89. The Kier molecular flexibility index (Phi) is 9.20. The van der Waals surface area contributed by atoms with Gasteiger partial charge in [0.1, 0.15) is 6.79 Å². The molecule has 0 saturated carbocycles. The molecule has 0 aromatic heterocycles. The van der Waals surface area contributed by atoms with Gasteiger partial charge in [-0.05, 0) is 25.8 Å². The Morgan fingerprint density at radius 2 is 1.17 bits per heavy atom. The summed E-state index contributed by atoms with van der Waals surface area (Å²) in [5.74, 6) is 0. The minimum absolute atomic E-state index is 1.14. The molecule has 0 bridgehead atoms. The normalized spacial score (nSPS) is 8.39. The average Bonchev–Trinajstić information content (AvgIpc) is 2.46. The summed E-state index contributed by atoms with van der Waals surface area (Å²) in [4.78, 5) is 8.00. The molecule has 0 spiro atoms. The molecule has 1 nitrogen and oxygen atoms in total. The second-order valence-corrected chi connectivity index (χ2v) is 3.99. The van der Waals surface area contributed by atoms with E-state index in [1.54, 1.807) is 0 Å². The smallest absolute Gasteiger partial charge is 0.106 e. The number of carbonyl (C=O) groups is 1. The SMILES string of the molecule is C=O.CCc1ccccc1.Cc1ccc(C)cc1. The molecule has 0 N–H and O–H groups in total. The van der Waals surface area contributed by atoms with Crippen LogP contribution in [0.4, 0.5) is 0 Å². The summed E-state index contributed by atoms with van der Waals surface area (Å²) >= 11 is 0. The summed E-state index contributed by atoms with van der Waals surface area (Å²) in [6, 6.07) is 18.9. The van der Waals surface area contributed by atoms with Gasteiger partial charge in [0.05, 0.1) is 0 Å². The van der Waals surface area contributed by atoms with E-state index >= 15 is 0 Å². The molecule has 0 heterocycles. The van der Waals surface area contributed by atoms with Crippen LogP contribution in [0.1, 0.15) is 23.6 Å². The lowest BCUT2D eigenvalue weighted by Gasteiger charge is -1.90. The van der Waals surface area contributed by atoms with E-state index < -0.39 is 0 Å². The highest BCUT2D eigenvalue weighted by atomic mass is 16.1. The van der Waals surface area contributed by atoms with Gasteiger partial charge in [-0.3, -0.25) is 0 Å². The van der Waals surface area contributed by atoms with Crippen molar-refractivity contribution in [1.29, 1.82) is 0 Å². The first-order valence-corrected chi connectivity index (χ1v) is 6.08. The molecule has 96 valence electrons. The quantitative estimate of drug-likeness (QED) is 0.726. The average molecular weight is 242 g/mol. The van der Waals surface area contributed by atoms with Gasteiger partial charge >= 0.3 is 0 Å². The molecule has 0 aliphatic heterocycles. The molecule has 0 saturated heterocycles. The molecule has 0 unspecified atom stereocenters. The van der Waals surface area contributed by atoms with Gasteiger partial charge in [-0.1, -0.05) is 72.6 Å².